The Bertz CT molecular complexity index is 2310. The number of carbonyl (C=O) groups excluding carboxylic acids is 8. The number of pyridine rings is 1. The number of carboxylic acids is 1. The third-order valence-corrected chi connectivity index (χ3v) is 12.3. The van der Waals surface area contributed by atoms with Gasteiger partial charge in [-0.25, -0.2) is 4.79 Å². The van der Waals surface area contributed by atoms with Crippen LogP contribution in [-0.4, -0.2) is 122 Å². The van der Waals surface area contributed by atoms with Gasteiger partial charge in [-0.1, -0.05) is 41.1 Å². The van der Waals surface area contributed by atoms with Crippen molar-refractivity contribution in [3.63, 3.8) is 0 Å². The lowest BCUT2D eigenvalue weighted by molar-refractivity contribution is -0.680. The molecule has 3 aliphatic rings. The second-order valence-electron chi connectivity index (χ2n) is 13.4. The molecular weight excluding hydrogens is 821 g/mol. The smallest absolute Gasteiger partial charge is 0.325 e. The summed E-state index contributed by atoms with van der Waals surface area (Å²) in [6, 6.07) is 12.8. The quantitative estimate of drug-likeness (QED) is 0.0189. The Balaban J connectivity index is 1.15. The van der Waals surface area contributed by atoms with E-state index >= 15 is 0 Å². The molecule has 8 amide bonds. The first-order valence-corrected chi connectivity index (χ1v) is 20.2. The van der Waals surface area contributed by atoms with Crippen LogP contribution in [0.15, 0.2) is 95.3 Å². The Morgan fingerprint density at radius 2 is 1.75 bits per heavy atom. The number of phenolic OH excluding ortho intramolecular Hbond substituents is 2. The number of piperazine rings is 1. The summed E-state index contributed by atoms with van der Waals surface area (Å²) < 4.78 is 1.51. The van der Waals surface area contributed by atoms with Crippen LogP contribution in [-0.2, 0) is 33.6 Å². The third-order valence-electron chi connectivity index (χ3n) is 9.83. The van der Waals surface area contributed by atoms with E-state index in [9.17, 15) is 53.7 Å². The highest BCUT2D eigenvalue weighted by Crippen LogP contribution is 2.46. The number of imide groups is 1. The lowest BCUT2D eigenvalue weighted by Gasteiger charge is -2.57. The standard InChI is InChI=1S/C39H38N8O11S2/c1-3-44-17-18-46(34(54)33(44)53)38(58)41-30(24-7-5-4-6-8-24)32(52)42-39(40-22-48)36(57)47-31(35(55)56)25(21-60-37(39)47)20-59-26-13-15-45(16-14-26)43(2)29(51)12-10-23-9-11-27(49)28(50)19-23/h4-16,19,22,30,37H,3,17-18,20-21H2,1-2H3,(H5-,40,41,42,48,49,50,51,52,53,54,55,56,58)/t30-,37-,39-/m1/s1. The fraction of sp³-hybridized carbons (Fsp3) is 0.256. The molecule has 60 heavy (non-hydrogen) atoms. The number of nitrogens with zero attached hydrogens (tertiary/aromatic N) is 5. The molecule has 3 aliphatic heterocycles. The van der Waals surface area contributed by atoms with Crippen molar-refractivity contribution in [2.45, 2.75) is 28.9 Å². The molecule has 5 N–H and O–H groups in total. The van der Waals surface area contributed by atoms with Crippen molar-refractivity contribution < 1.29 is 58.4 Å². The van der Waals surface area contributed by atoms with E-state index in [1.165, 1.54) is 75.9 Å². The summed E-state index contributed by atoms with van der Waals surface area (Å²) in [6.07, 6.45) is 6.16. The maximum atomic E-state index is 14.0. The normalized spacial score (nSPS) is 19.3. The van der Waals surface area contributed by atoms with E-state index in [1.807, 2.05) is 0 Å². The van der Waals surface area contributed by atoms with Gasteiger partial charge in [0.15, 0.2) is 11.5 Å². The predicted molar refractivity (Wildman–Crippen MR) is 212 cm³/mol. The molecule has 1 aromatic heterocycles. The van der Waals surface area contributed by atoms with Gasteiger partial charge in [0.25, 0.3) is 5.91 Å². The summed E-state index contributed by atoms with van der Waals surface area (Å²) in [5.74, 6) is -6.45. The van der Waals surface area contributed by atoms with E-state index in [2.05, 4.69) is 16.0 Å². The number of phenols is 2. The van der Waals surface area contributed by atoms with Crippen LogP contribution in [0.25, 0.3) is 6.08 Å². The van der Waals surface area contributed by atoms with Gasteiger partial charge in [-0.2, -0.15) is 0 Å². The average Bonchev–Trinajstić information content (AvgIpc) is 3.25. The number of amides is 8. The zero-order chi connectivity index (χ0) is 43.3. The van der Waals surface area contributed by atoms with Crippen molar-refractivity contribution >= 4 is 77.5 Å². The summed E-state index contributed by atoms with van der Waals surface area (Å²) in [5.41, 5.74) is -1.52. The maximum absolute atomic E-state index is 14.0. The predicted octanol–water partition coefficient (Wildman–Crippen LogP) is -1.10. The number of nitrogens with one attached hydrogen (secondary N) is 3. The molecule has 0 bridgehead atoms. The van der Waals surface area contributed by atoms with Crippen LogP contribution >= 0.6 is 23.5 Å². The first-order valence-electron chi connectivity index (χ1n) is 18.2. The van der Waals surface area contributed by atoms with Crippen LogP contribution in [0.3, 0.4) is 0 Å². The monoisotopic (exact) mass is 858 g/mol. The van der Waals surface area contributed by atoms with E-state index < -0.39 is 64.3 Å². The summed E-state index contributed by atoms with van der Waals surface area (Å²) in [6.45, 7) is 1.90. The van der Waals surface area contributed by atoms with Crippen molar-refractivity contribution in [3.05, 3.63) is 102 Å². The van der Waals surface area contributed by atoms with E-state index in [1.54, 1.807) is 49.6 Å². The largest absolute Gasteiger partial charge is 0.543 e. The minimum Gasteiger partial charge on any atom is -0.543 e. The first kappa shape index (κ1) is 42.7. The summed E-state index contributed by atoms with van der Waals surface area (Å²) >= 11 is 2.32. The fourth-order valence-corrected chi connectivity index (χ4v) is 9.03. The number of thioether (sulfide) groups is 2. The molecule has 312 valence electrons. The molecule has 3 aromatic rings. The van der Waals surface area contributed by atoms with Gasteiger partial charge in [-0.15, -0.1) is 28.5 Å². The van der Waals surface area contributed by atoms with Crippen LogP contribution in [0.1, 0.15) is 24.1 Å². The van der Waals surface area contributed by atoms with Crippen LogP contribution in [0.2, 0.25) is 0 Å². The average molecular weight is 859 g/mol. The topological polar surface area (TPSA) is 253 Å². The Kier molecular flexibility index (Phi) is 12.8. The van der Waals surface area contributed by atoms with Crippen molar-refractivity contribution in [2.24, 2.45) is 0 Å². The van der Waals surface area contributed by atoms with Crippen molar-refractivity contribution in [2.75, 3.05) is 43.2 Å². The van der Waals surface area contributed by atoms with Crippen LogP contribution in [0, 0.1) is 0 Å². The van der Waals surface area contributed by atoms with Gasteiger partial charge in [0, 0.05) is 54.2 Å². The fourth-order valence-electron chi connectivity index (χ4n) is 6.58. The molecule has 4 heterocycles. The second-order valence-corrected chi connectivity index (χ2v) is 15.5. The first-order chi connectivity index (χ1) is 28.7. The Hall–Kier alpha value is -6.87. The van der Waals surface area contributed by atoms with Crippen LogP contribution in [0.5, 0.6) is 11.5 Å². The van der Waals surface area contributed by atoms with Gasteiger partial charge in [-0.3, -0.25) is 38.6 Å². The van der Waals surface area contributed by atoms with Gasteiger partial charge in [0.05, 0.1) is 18.7 Å². The molecule has 0 aliphatic carbocycles. The molecular formula is C39H38N8O11S2. The molecule has 2 saturated heterocycles. The Labute approximate surface area is 350 Å². The Morgan fingerprint density at radius 3 is 2.40 bits per heavy atom. The number of carbonyl (C=O) groups is 8. The zero-order valence-electron chi connectivity index (χ0n) is 32.0. The number of hydrogen-bond donors (Lipinski definition) is 5. The minimum atomic E-state index is -2.14. The highest BCUT2D eigenvalue weighted by atomic mass is 32.2. The molecule has 19 nitrogen and oxygen atoms in total. The molecule has 0 unspecified atom stereocenters. The molecule has 2 fully saturated rings. The number of β-lactam (4-membered cyclic amide) rings is 1. The second kappa shape index (κ2) is 18.0. The van der Waals surface area contributed by atoms with E-state index in [4.69, 9.17) is 0 Å². The molecule has 3 atom stereocenters. The number of rotatable bonds is 14. The highest BCUT2D eigenvalue weighted by molar-refractivity contribution is 8.01. The minimum absolute atomic E-state index is 0.0524. The molecule has 0 spiro atoms. The number of likely N-dealkylation sites (N-methyl/N-ethyl adjacent to an activating group) is 2. The van der Waals surface area contributed by atoms with E-state index in [0.717, 1.165) is 16.7 Å². The number of aromatic nitrogens is 1. The van der Waals surface area contributed by atoms with Gasteiger partial charge in [-0.05, 0) is 41.8 Å². The summed E-state index contributed by atoms with van der Waals surface area (Å²) in [5, 5.41) is 39.3. The SMILES string of the molecule is CCN1CCN(C(=O)N[C@@H](C(=O)N[C@]2(NC=O)C(=O)N3C(C(=O)[O-])=C(CSc4cc[n+](N(C)C(=O)C=Cc5ccc(O)c(O)c5)cc4)CS[C@@H]32)c2ccccc2)C(=O)C1=O. The number of hydrogen-bond acceptors (Lipinski definition) is 13. The summed E-state index contributed by atoms with van der Waals surface area (Å²) in [7, 11) is 1.53. The molecule has 0 saturated carbocycles. The number of aliphatic carboxylic acids is 1. The summed E-state index contributed by atoms with van der Waals surface area (Å²) in [4.78, 5) is 107. The van der Waals surface area contributed by atoms with Gasteiger partial charge in [0.1, 0.15) is 11.4 Å². The highest BCUT2D eigenvalue weighted by Gasteiger charge is 2.65. The molecule has 21 heteroatoms. The van der Waals surface area contributed by atoms with Crippen molar-refractivity contribution in [3.8, 4) is 11.5 Å². The van der Waals surface area contributed by atoms with E-state index in [-0.39, 0.29) is 54.6 Å². The number of urea groups is 1. The van der Waals surface area contributed by atoms with Crippen LogP contribution < -0.4 is 30.7 Å². The molecule has 2 aromatic carbocycles. The molecule has 6 rings (SSSR count). The lowest BCUT2D eigenvalue weighted by atomic mass is 9.94. The number of benzene rings is 2. The zero-order valence-corrected chi connectivity index (χ0v) is 33.6. The van der Waals surface area contributed by atoms with Gasteiger partial charge >= 0.3 is 23.8 Å². The maximum Gasteiger partial charge on any atom is 0.325 e. The van der Waals surface area contributed by atoms with Crippen molar-refractivity contribution in [1.82, 2.24) is 30.7 Å². The number of aromatic hydroxyl groups is 2. The van der Waals surface area contributed by atoms with Crippen LogP contribution in [0.4, 0.5) is 4.79 Å². The molecule has 0 radical (unpaired) electrons. The number of fused-ring (bicyclic) bond motifs is 1. The number of carboxylic acid groups (broad SMARTS) is 1. The third kappa shape index (κ3) is 8.48. The van der Waals surface area contributed by atoms with Crippen molar-refractivity contribution in [1.29, 1.82) is 0 Å². The Morgan fingerprint density at radius 1 is 1.03 bits per heavy atom. The van der Waals surface area contributed by atoms with E-state index in [0.29, 0.717) is 20.9 Å². The lowest BCUT2D eigenvalue weighted by Crippen LogP contribution is -2.85. The van der Waals surface area contributed by atoms with Gasteiger partial charge in [0.2, 0.25) is 30.4 Å². The van der Waals surface area contributed by atoms with Gasteiger partial charge < -0.3 is 41.0 Å².